The number of aromatic amines is 1. The largest absolute Gasteiger partial charge is 0.429 e. The predicted octanol–water partition coefficient (Wildman–Crippen LogP) is 3.06. The lowest BCUT2D eigenvalue weighted by molar-refractivity contribution is 0.0879. The van der Waals surface area contributed by atoms with Gasteiger partial charge >= 0.3 is 0 Å². The Hall–Kier alpha value is -2.73. The maximum Gasteiger partial charge on any atom is 0.266 e. The van der Waals surface area contributed by atoms with Crippen LogP contribution in [0.5, 0.6) is 0 Å². The molecule has 0 aliphatic carbocycles. The van der Waals surface area contributed by atoms with Crippen LogP contribution in [0.2, 0.25) is 0 Å². The predicted molar refractivity (Wildman–Crippen MR) is 79.6 cm³/mol. The minimum atomic E-state index is -0.300. The summed E-state index contributed by atoms with van der Waals surface area (Å²) in [6.45, 7) is 0. The van der Waals surface area contributed by atoms with Gasteiger partial charge in [0.05, 0.1) is 16.6 Å². The van der Waals surface area contributed by atoms with Crippen LogP contribution >= 0.6 is 12.2 Å². The average molecular weight is 298 g/mol. The van der Waals surface area contributed by atoms with Gasteiger partial charge in [0.15, 0.2) is 5.58 Å². The van der Waals surface area contributed by atoms with Gasteiger partial charge in [0.25, 0.3) is 16.7 Å². The van der Waals surface area contributed by atoms with Crippen LogP contribution in [0.3, 0.4) is 0 Å². The quantitative estimate of drug-likeness (QED) is 0.494. The van der Waals surface area contributed by atoms with Crippen molar-refractivity contribution in [1.82, 2.24) is 10.3 Å². The van der Waals surface area contributed by atoms with Crippen LogP contribution in [0, 0.1) is 4.84 Å². The van der Waals surface area contributed by atoms with E-state index in [4.69, 9.17) is 16.6 Å². The van der Waals surface area contributed by atoms with E-state index in [-0.39, 0.29) is 11.8 Å². The summed E-state index contributed by atoms with van der Waals surface area (Å²) in [5.41, 5.74) is 2.70. The molecular formula is C15H10N2O3S. The molecule has 21 heavy (non-hydrogen) atoms. The standard InChI is InChI=1S/C8H5NO2.C7H5NOS/c10-7-5-3-1-2-4-6(5)8(11)9-7;10-7-8-5-3-1-2-4-6(5)9-7/h1-4H,(H,9,10,11);1-4H,(H,8,10). The lowest BCUT2D eigenvalue weighted by Crippen LogP contribution is -2.19. The van der Waals surface area contributed by atoms with Gasteiger partial charge in [-0.25, -0.2) is 0 Å². The van der Waals surface area contributed by atoms with E-state index in [9.17, 15) is 9.59 Å². The normalized spacial score (nSPS) is 12.6. The molecule has 2 aromatic carbocycles. The molecule has 5 nitrogen and oxygen atoms in total. The summed E-state index contributed by atoms with van der Waals surface area (Å²) in [6, 6.07) is 14.4. The van der Waals surface area contributed by atoms with Gasteiger partial charge in [-0.3, -0.25) is 14.9 Å². The van der Waals surface area contributed by atoms with Gasteiger partial charge in [-0.05, 0) is 36.5 Å². The van der Waals surface area contributed by atoms with Crippen LogP contribution in [0.15, 0.2) is 52.9 Å². The zero-order chi connectivity index (χ0) is 14.8. The number of fused-ring (bicyclic) bond motifs is 2. The number of carbonyl (C=O) groups excluding carboxylic acids is 2. The van der Waals surface area contributed by atoms with E-state index in [0.717, 1.165) is 11.1 Å². The molecule has 0 atom stereocenters. The van der Waals surface area contributed by atoms with Crippen molar-refractivity contribution in [3.05, 3.63) is 64.5 Å². The molecule has 0 unspecified atom stereocenters. The summed E-state index contributed by atoms with van der Waals surface area (Å²) in [4.78, 5) is 25.2. The van der Waals surface area contributed by atoms with E-state index in [1.165, 1.54) is 0 Å². The first-order chi connectivity index (χ1) is 10.1. The Morgan fingerprint density at radius 1 is 0.857 bits per heavy atom. The third kappa shape index (κ3) is 2.61. The highest BCUT2D eigenvalue weighted by Crippen LogP contribution is 2.13. The van der Waals surface area contributed by atoms with Crippen LogP contribution in [0.25, 0.3) is 11.1 Å². The number of hydrogen-bond acceptors (Lipinski definition) is 4. The molecule has 0 bridgehead atoms. The first kappa shape index (κ1) is 13.3. The molecule has 3 aromatic rings. The number of amides is 2. The number of carbonyl (C=O) groups is 2. The Morgan fingerprint density at radius 3 is 2.05 bits per heavy atom. The van der Waals surface area contributed by atoms with Crippen LogP contribution in [0.4, 0.5) is 0 Å². The van der Waals surface area contributed by atoms with E-state index >= 15 is 0 Å². The van der Waals surface area contributed by atoms with Crippen molar-refractivity contribution >= 4 is 35.1 Å². The second-order valence-corrected chi connectivity index (χ2v) is 4.71. The van der Waals surface area contributed by atoms with E-state index in [1.54, 1.807) is 24.3 Å². The molecule has 0 saturated heterocycles. The van der Waals surface area contributed by atoms with Gasteiger partial charge in [0.1, 0.15) is 0 Å². The van der Waals surface area contributed by atoms with E-state index in [2.05, 4.69) is 10.3 Å². The second-order valence-electron chi connectivity index (χ2n) is 4.34. The Balaban J connectivity index is 0.000000126. The number of H-pyrrole nitrogens is 1. The number of nitrogens with one attached hydrogen (secondary N) is 2. The number of para-hydroxylation sites is 2. The summed E-state index contributed by atoms with van der Waals surface area (Å²) in [5, 5.41) is 2.20. The molecule has 1 aromatic heterocycles. The Kier molecular flexibility index (Phi) is 3.37. The molecule has 0 spiro atoms. The fourth-order valence-corrected chi connectivity index (χ4v) is 2.21. The number of hydrogen-bond donors (Lipinski definition) is 2. The minimum absolute atomic E-state index is 0.300. The summed E-state index contributed by atoms with van der Waals surface area (Å²) in [7, 11) is 0. The fraction of sp³-hybridized carbons (Fsp3) is 0. The summed E-state index contributed by atoms with van der Waals surface area (Å²) in [6.07, 6.45) is 0. The monoisotopic (exact) mass is 298 g/mol. The molecule has 2 amide bonds. The Morgan fingerprint density at radius 2 is 1.43 bits per heavy atom. The lowest BCUT2D eigenvalue weighted by atomic mass is 10.1. The van der Waals surface area contributed by atoms with Crippen LogP contribution in [0.1, 0.15) is 20.7 Å². The first-order valence-electron chi connectivity index (χ1n) is 6.18. The van der Waals surface area contributed by atoms with Crippen molar-refractivity contribution in [3.8, 4) is 0 Å². The number of benzene rings is 2. The van der Waals surface area contributed by atoms with Gasteiger partial charge in [-0.1, -0.05) is 24.3 Å². The van der Waals surface area contributed by atoms with Crippen molar-refractivity contribution < 1.29 is 14.0 Å². The van der Waals surface area contributed by atoms with Gasteiger partial charge in [-0.15, -0.1) is 0 Å². The molecule has 0 radical (unpaired) electrons. The molecule has 6 heteroatoms. The maximum atomic E-state index is 10.9. The Bertz CT molecular complexity index is 826. The molecular weight excluding hydrogens is 288 g/mol. The molecule has 0 fully saturated rings. The molecule has 2 N–H and O–H groups in total. The topological polar surface area (TPSA) is 75.1 Å². The molecule has 0 saturated carbocycles. The number of aromatic nitrogens is 1. The second kappa shape index (κ2) is 5.34. The van der Waals surface area contributed by atoms with E-state index in [1.807, 2.05) is 24.3 Å². The first-order valence-corrected chi connectivity index (χ1v) is 6.58. The third-order valence-electron chi connectivity index (χ3n) is 2.97. The van der Waals surface area contributed by atoms with Crippen molar-refractivity contribution in [2.45, 2.75) is 0 Å². The van der Waals surface area contributed by atoms with Crippen molar-refractivity contribution in [3.63, 3.8) is 0 Å². The van der Waals surface area contributed by atoms with Crippen molar-refractivity contribution in [1.29, 1.82) is 0 Å². The van der Waals surface area contributed by atoms with Crippen molar-refractivity contribution in [2.24, 2.45) is 0 Å². The van der Waals surface area contributed by atoms with Crippen LogP contribution < -0.4 is 5.32 Å². The molecule has 2 heterocycles. The van der Waals surface area contributed by atoms with E-state index in [0.29, 0.717) is 16.0 Å². The van der Waals surface area contributed by atoms with Gasteiger partial charge in [-0.2, -0.15) is 0 Å². The van der Waals surface area contributed by atoms with Gasteiger partial charge < -0.3 is 9.40 Å². The number of imide groups is 1. The molecule has 1 aliphatic rings. The highest BCUT2D eigenvalue weighted by atomic mass is 32.1. The fourth-order valence-electron chi connectivity index (χ4n) is 2.01. The van der Waals surface area contributed by atoms with E-state index < -0.39 is 0 Å². The highest BCUT2D eigenvalue weighted by Gasteiger charge is 2.25. The van der Waals surface area contributed by atoms with Gasteiger partial charge in [0.2, 0.25) is 0 Å². The summed E-state index contributed by atoms with van der Waals surface area (Å²) >= 11 is 4.79. The minimum Gasteiger partial charge on any atom is -0.429 e. The zero-order valence-corrected chi connectivity index (χ0v) is 11.6. The SMILES string of the molecule is O=C1NC(=O)c2ccccc21.S=c1[nH]c2ccccc2o1. The number of rotatable bonds is 0. The van der Waals surface area contributed by atoms with Crippen molar-refractivity contribution in [2.75, 3.05) is 0 Å². The molecule has 1 aliphatic heterocycles. The number of oxazole rings is 1. The average Bonchev–Trinajstić information content (AvgIpc) is 3.00. The Labute approximate surface area is 124 Å². The zero-order valence-electron chi connectivity index (χ0n) is 10.8. The highest BCUT2D eigenvalue weighted by molar-refractivity contribution is 7.71. The molecule has 104 valence electrons. The van der Waals surface area contributed by atoms with Gasteiger partial charge in [0, 0.05) is 0 Å². The molecule has 4 rings (SSSR count). The van der Waals surface area contributed by atoms with Crippen LogP contribution in [-0.2, 0) is 0 Å². The maximum absolute atomic E-state index is 10.9. The third-order valence-corrected chi connectivity index (χ3v) is 3.16. The smallest absolute Gasteiger partial charge is 0.266 e. The summed E-state index contributed by atoms with van der Waals surface area (Å²) in [5.74, 6) is -0.601. The van der Waals surface area contributed by atoms with Crippen LogP contribution in [-0.4, -0.2) is 16.8 Å². The summed E-state index contributed by atoms with van der Waals surface area (Å²) < 4.78 is 5.13. The lowest BCUT2D eigenvalue weighted by Gasteiger charge is -1.88.